The molecule has 0 radical (unpaired) electrons. The minimum atomic E-state index is -8.07. The van der Waals surface area contributed by atoms with Crippen LogP contribution < -0.4 is 5.32 Å². The van der Waals surface area contributed by atoms with Gasteiger partial charge in [-0.05, 0) is 13.3 Å². The molecule has 1 aromatic carbocycles. The maximum atomic E-state index is 14.2. The molecule has 0 fully saturated rings. The molecular formula is C27H25F13N2O8. The quantitative estimate of drug-likeness (QED) is 0.0523. The largest absolute Gasteiger partial charge is 0.466 e. The number of benzene rings is 1. The van der Waals surface area contributed by atoms with E-state index >= 15 is 0 Å². The summed E-state index contributed by atoms with van der Waals surface area (Å²) in [5.41, 5.74) is -2.82. The van der Waals surface area contributed by atoms with Crippen LogP contribution in [-0.2, 0) is 28.5 Å². The zero-order valence-corrected chi connectivity index (χ0v) is 25.7. The molecule has 0 saturated heterocycles. The highest BCUT2D eigenvalue weighted by molar-refractivity contribution is 6.00. The molecule has 50 heavy (non-hydrogen) atoms. The van der Waals surface area contributed by atoms with E-state index in [1.54, 1.807) is 0 Å². The molecule has 0 bridgehead atoms. The normalized spacial score (nSPS) is 16.8. The first-order chi connectivity index (χ1) is 22.7. The summed E-state index contributed by atoms with van der Waals surface area (Å²) in [5.74, 6) is -42.5. The van der Waals surface area contributed by atoms with Crippen LogP contribution in [0.2, 0.25) is 0 Å². The zero-order valence-electron chi connectivity index (χ0n) is 25.7. The molecule has 1 aliphatic rings. The lowest BCUT2D eigenvalue weighted by Crippen LogP contribution is -2.70. The monoisotopic (exact) mass is 752 g/mol. The number of carbonyl (C=O) groups is 2. The van der Waals surface area contributed by atoms with Gasteiger partial charge in [0, 0.05) is 38.0 Å². The molecule has 0 amide bonds. The Morgan fingerprint density at radius 3 is 1.82 bits per heavy atom. The molecule has 1 N–H and O–H groups in total. The summed E-state index contributed by atoms with van der Waals surface area (Å²) >= 11 is 0. The topological polar surface area (TPSA) is 126 Å². The van der Waals surface area contributed by atoms with E-state index in [2.05, 4.69) is 5.32 Å². The Balaban J connectivity index is 2.48. The number of rotatable bonds is 15. The number of carbonyl (C=O) groups excluding carboxylic acids is 2. The predicted octanol–water partition coefficient (Wildman–Crippen LogP) is 6.66. The molecule has 1 atom stereocenters. The summed E-state index contributed by atoms with van der Waals surface area (Å²) in [6, 6.07) is 4.49. The Hall–Kier alpha value is -4.15. The second kappa shape index (κ2) is 14.6. The Morgan fingerprint density at radius 1 is 0.820 bits per heavy atom. The fraction of sp³-hybridized carbons (Fsp3) is 0.556. The van der Waals surface area contributed by atoms with Gasteiger partial charge in [0.25, 0.3) is 5.69 Å². The Kier molecular flexibility index (Phi) is 12.3. The molecule has 1 heterocycles. The van der Waals surface area contributed by atoms with Gasteiger partial charge in [-0.25, -0.2) is 9.59 Å². The summed E-state index contributed by atoms with van der Waals surface area (Å²) in [5, 5.41) is 14.4. The number of halogens is 13. The van der Waals surface area contributed by atoms with Crippen LogP contribution in [0.25, 0.3) is 0 Å². The molecule has 1 aliphatic heterocycles. The molecule has 2 rings (SSSR count). The molecule has 10 nitrogen and oxygen atoms in total. The van der Waals surface area contributed by atoms with E-state index < -0.39 is 101 Å². The smallest absolute Gasteiger partial charge is 0.460 e. The van der Waals surface area contributed by atoms with Crippen LogP contribution in [0.3, 0.4) is 0 Å². The minimum Gasteiger partial charge on any atom is -0.466 e. The Bertz CT molecular complexity index is 1520. The van der Waals surface area contributed by atoms with Crippen molar-refractivity contribution >= 4 is 17.6 Å². The second-order valence-corrected chi connectivity index (χ2v) is 10.3. The summed E-state index contributed by atoms with van der Waals surface area (Å²) in [6.07, 6.45) is -13.2. The molecule has 282 valence electrons. The molecule has 1 unspecified atom stereocenters. The fourth-order valence-corrected chi connectivity index (χ4v) is 4.68. The van der Waals surface area contributed by atoms with Gasteiger partial charge in [0.05, 0.1) is 41.4 Å². The molecule has 0 spiro atoms. The van der Waals surface area contributed by atoms with Gasteiger partial charge in [0.15, 0.2) is 6.29 Å². The number of para-hydroxylation sites is 1. The number of alkyl halides is 13. The number of ether oxygens (including phenoxy) is 4. The molecule has 0 aromatic heterocycles. The molecular weight excluding hydrogens is 727 g/mol. The predicted molar refractivity (Wildman–Crippen MR) is 140 cm³/mol. The summed E-state index contributed by atoms with van der Waals surface area (Å²) in [4.78, 5) is 37.3. The van der Waals surface area contributed by atoms with Gasteiger partial charge in [-0.1, -0.05) is 18.2 Å². The van der Waals surface area contributed by atoms with Crippen molar-refractivity contribution in [3.63, 3.8) is 0 Å². The lowest BCUT2D eigenvalue weighted by atomic mass is 9.79. The van der Waals surface area contributed by atoms with Crippen molar-refractivity contribution in [2.75, 3.05) is 27.9 Å². The molecule has 1 aromatic rings. The second-order valence-electron chi connectivity index (χ2n) is 10.3. The number of nitrogens with zero attached hydrogens (tertiary/aromatic N) is 1. The van der Waals surface area contributed by atoms with Crippen LogP contribution in [0, 0.1) is 10.1 Å². The first kappa shape index (κ1) is 42.0. The van der Waals surface area contributed by atoms with Gasteiger partial charge in [-0.3, -0.25) is 10.1 Å². The fourth-order valence-electron chi connectivity index (χ4n) is 4.68. The van der Waals surface area contributed by atoms with E-state index in [1.807, 2.05) is 0 Å². The highest BCUT2D eigenvalue weighted by Crippen LogP contribution is 2.60. The van der Waals surface area contributed by atoms with Gasteiger partial charge in [-0.2, -0.15) is 57.1 Å². The van der Waals surface area contributed by atoms with Crippen molar-refractivity contribution in [2.24, 2.45) is 0 Å². The summed E-state index contributed by atoms with van der Waals surface area (Å²) < 4.78 is 194. The van der Waals surface area contributed by atoms with E-state index in [0.29, 0.717) is 0 Å². The van der Waals surface area contributed by atoms with E-state index in [0.717, 1.165) is 40.4 Å². The summed E-state index contributed by atoms with van der Waals surface area (Å²) in [6.45, 7) is -0.309. The average molecular weight is 752 g/mol. The van der Waals surface area contributed by atoms with Gasteiger partial charge in [0.1, 0.15) is 0 Å². The number of esters is 2. The van der Waals surface area contributed by atoms with Crippen LogP contribution in [-0.4, -0.2) is 86.9 Å². The highest BCUT2D eigenvalue weighted by Gasteiger charge is 2.90. The number of methoxy groups -OCH3 is 3. The van der Waals surface area contributed by atoms with Crippen LogP contribution in [0.4, 0.5) is 62.8 Å². The molecule has 0 saturated carbocycles. The van der Waals surface area contributed by atoms with E-state index in [1.165, 1.54) is 12.1 Å². The first-order valence-corrected chi connectivity index (χ1v) is 13.4. The highest BCUT2D eigenvalue weighted by atomic mass is 19.4. The van der Waals surface area contributed by atoms with Crippen LogP contribution in [0.5, 0.6) is 0 Å². The number of nitrogens with one attached hydrogen (secondary N) is 1. The van der Waals surface area contributed by atoms with Crippen molar-refractivity contribution < 1.29 is 90.5 Å². The Morgan fingerprint density at radius 2 is 1.34 bits per heavy atom. The lowest BCUT2D eigenvalue weighted by Gasteiger charge is -2.39. The van der Waals surface area contributed by atoms with Crippen molar-refractivity contribution in [1.29, 1.82) is 0 Å². The van der Waals surface area contributed by atoms with Crippen molar-refractivity contribution in [2.45, 2.75) is 67.8 Å². The van der Waals surface area contributed by atoms with Crippen molar-refractivity contribution in [1.82, 2.24) is 5.32 Å². The van der Waals surface area contributed by atoms with Crippen molar-refractivity contribution in [3.8, 4) is 0 Å². The number of allylic oxidation sites excluding steroid dienone is 1. The van der Waals surface area contributed by atoms with Gasteiger partial charge >= 0.3 is 47.7 Å². The van der Waals surface area contributed by atoms with Crippen LogP contribution >= 0.6 is 0 Å². The number of hydrogen-bond donors (Lipinski definition) is 1. The van der Waals surface area contributed by atoms with E-state index in [4.69, 9.17) is 18.9 Å². The third-order valence-electron chi connectivity index (χ3n) is 7.19. The standard InChI is InChI=1S/C27H25F13N2O8/c1-12-15(16(13-8-5-6-9-14(13)42(45)46)17(19(43)47-2)18(41-12)21(48-3)49-4)20(44)50-11-7-10-22(28,29)23(30,31)24(32,33)25(34,35)26(36,37)27(38,39)40/h5-6,8-9,16,21,41H,7,10-11H2,1-4H3. The van der Waals surface area contributed by atoms with Crippen LogP contribution in [0.15, 0.2) is 46.8 Å². The van der Waals surface area contributed by atoms with E-state index in [9.17, 15) is 76.8 Å². The van der Waals surface area contributed by atoms with E-state index in [-0.39, 0.29) is 17.0 Å². The van der Waals surface area contributed by atoms with Gasteiger partial charge < -0.3 is 24.3 Å². The molecule has 0 aliphatic carbocycles. The number of dihydropyridines is 1. The lowest BCUT2D eigenvalue weighted by molar-refractivity contribution is -0.440. The maximum absolute atomic E-state index is 14.2. The number of nitro groups is 1. The average Bonchev–Trinajstić information content (AvgIpc) is 3.01. The number of nitro benzene ring substituents is 1. The Labute approximate surface area is 272 Å². The van der Waals surface area contributed by atoms with Crippen LogP contribution in [0.1, 0.15) is 31.2 Å². The number of hydrogen-bond acceptors (Lipinski definition) is 9. The molecule has 23 heteroatoms. The third-order valence-corrected chi connectivity index (χ3v) is 7.19. The third kappa shape index (κ3) is 7.19. The van der Waals surface area contributed by atoms with Crippen molar-refractivity contribution in [3.05, 3.63) is 62.5 Å². The SMILES string of the molecule is COC(=O)C1=C(C(OC)OC)NC(C)=C(C(=O)OCCCC(F)(F)C(F)(F)C(F)(F)C(F)(F)C(F)(F)C(F)(F)F)C1c1ccccc1[N+](=O)[O-]. The minimum absolute atomic E-state index is 0.255. The zero-order chi connectivity index (χ0) is 38.8. The maximum Gasteiger partial charge on any atom is 0.460 e. The first-order valence-electron chi connectivity index (χ1n) is 13.4. The van der Waals surface area contributed by atoms with Gasteiger partial charge in [-0.15, -0.1) is 0 Å². The summed E-state index contributed by atoms with van der Waals surface area (Å²) in [7, 11) is 3.10. The van der Waals surface area contributed by atoms with Gasteiger partial charge in [0.2, 0.25) is 0 Å².